The molecule has 0 aliphatic carbocycles. The predicted octanol–water partition coefficient (Wildman–Crippen LogP) is 14.4. The van der Waals surface area contributed by atoms with Gasteiger partial charge in [-0.2, -0.15) is 0 Å². The molecule has 0 radical (unpaired) electrons. The molecule has 0 amide bonds. The zero-order chi connectivity index (χ0) is 35.8. The molecule has 0 spiro atoms. The lowest BCUT2D eigenvalue weighted by atomic mass is 9.98. The van der Waals surface area contributed by atoms with Gasteiger partial charge in [-0.1, -0.05) is 170 Å². The lowest BCUT2D eigenvalue weighted by Crippen LogP contribution is -2.11. The summed E-state index contributed by atoms with van der Waals surface area (Å²) in [6, 6.07) is 78.9. The normalized spacial score (nSPS) is 11.3. The third-order valence-corrected chi connectivity index (χ3v) is 10.6. The maximum absolute atomic E-state index is 2.42. The lowest BCUT2D eigenvalue weighted by molar-refractivity contribution is 1.18. The lowest BCUT2D eigenvalue weighted by Gasteiger charge is -2.28. The summed E-state index contributed by atoms with van der Waals surface area (Å²) in [4.78, 5) is 2.40. The van der Waals surface area contributed by atoms with Crippen LogP contribution in [0.5, 0.6) is 0 Å². The Morgan fingerprint density at radius 2 is 0.852 bits per heavy atom. The van der Waals surface area contributed by atoms with Crippen LogP contribution in [0.25, 0.3) is 71.6 Å². The molecule has 0 aliphatic rings. The maximum Gasteiger partial charge on any atom is 0.0561 e. The van der Waals surface area contributed by atoms with Crippen molar-refractivity contribution in [3.05, 3.63) is 218 Å². The predicted molar refractivity (Wildman–Crippen MR) is 229 cm³/mol. The highest BCUT2D eigenvalue weighted by Crippen LogP contribution is 2.43. The van der Waals surface area contributed by atoms with Crippen LogP contribution in [0.3, 0.4) is 0 Å². The highest BCUT2D eigenvalue weighted by Gasteiger charge is 2.20. The number of nitrogens with zero attached hydrogens (tertiary/aromatic N) is 2. The second kappa shape index (κ2) is 13.4. The summed E-state index contributed by atoms with van der Waals surface area (Å²) in [5, 5.41) is 4.98. The third-order valence-electron chi connectivity index (χ3n) is 10.6. The minimum atomic E-state index is 1.09. The molecule has 0 saturated carbocycles. The first-order valence-corrected chi connectivity index (χ1v) is 18.5. The van der Waals surface area contributed by atoms with Gasteiger partial charge in [-0.05, 0) is 87.1 Å². The van der Waals surface area contributed by atoms with Gasteiger partial charge in [-0.3, -0.25) is 0 Å². The summed E-state index contributed by atoms with van der Waals surface area (Å²) in [5.41, 5.74) is 14.0. The van der Waals surface area contributed by atoms with Crippen LogP contribution >= 0.6 is 0 Å². The summed E-state index contributed by atoms with van der Waals surface area (Å²) < 4.78 is 2.42. The average molecular weight is 689 g/mol. The first kappa shape index (κ1) is 31.6. The number of benzene rings is 9. The van der Waals surface area contributed by atoms with E-state index in [9.17, 15) is 0 Å². The summed E-state index contributed by atoms with van der Waals surface area (Å²) >= 11 is 0. The van der Waals surface area contributed by atoms with Gasteiger partial charge in [0.2, 0.25) is 0 Å². The first-order chi connectivity index (χ1) is 26.8. The Hall–Kier alpha value is -7.16. The van der Waals surface area contributed by atoms with Crippen LogP contribution in [0.4, 0.5) is 17.1 Å². The topological polar surface area (TPSA) is 8.17 Å². The Morgan fingerprint density at radius 3 is 1.65 bits per heavy atom. The van der Waals surface area contributed by atoms with Gasteiger partial charge in [0.05, 0.1) is 16.7 Å². The second-order valence-corrected chi connectivity index (χ2v) is 13.8. The molecule has 2 heteroatoms. The van der Waals surface area contributed by atoms with Crippen molar-refractivity contribution in [2.75, 3.05) is 4.90 Å². The summed E-state index contributed by atoms with van der Waals surface area (Å²) in [6.07, 6.45) is 0. The van der Waals surface area contributed by atoms with Crippen molar-refractivity contribution in [2.24, 2.45) is 0 Å². The van der Waals surface area contributed by atoms with Crippen molar-refractivity contribution in [3.8, 4) is 39.1 Å². The first-order valence-electron chi connectivity index (χ1n) is 18.5. The molecule has 0 saturated heterocycles. The molecule has 1 aromatic heterocycles. The Balaban J connectivity index is 1.15. The Morgan fingerprint density at radius 1 is 0.315 bits per heavy atom. The Bertz CT molecular complexity index is 2900. The molecule has 0 bridgehead atoms. The molecule has 1 heterocycles. The van der Waals surface area contributed by atoms with E-state index in [1.165, 1.54) is 60.4 Å². The minimum Gasteiger partial charge on any atom is -0.310 e. The molecule has 2 nitrogen and oxygen atoms in total. The van der Waals surface area contributed by atoms with Crippen LogP contribution in [0.15, 0.2) is 218 Å². The van der Waals surface area contributed by atoms with Crippen molar-refractivity contribution in [2.45, 2.75) is 0 Å². The second-order valence-electron chi connectivity index (χ2n) is 13.8. The molecule has 254 valence electrons. The van der Waals surface area contributed by atoms with Crippen LogP contribution in [-0.4, -0.2) is 4.57 Å². The summed E-state index contributed by atoms with van der Waals surface area (Å²) in [6.45, 7) is 0. The van der Waals surface area contributed by atoms with Gasteiger partial charge in [-0.15, -0.1) is 0 Å². The van der Waals surface area contributed by atoms with Crippen LogP contribution in [0.2, 0.25) is 0 Å². The number of fused-ring (bicyclic) bond motifs is 4. The number of rotatable bonds is 7. The number of anilines is 3. The van der Waals surface area contributed by atoms with E-state index in [0.717, 1.165) is 28.3 Å². The van der Waals surface area contributed by atoms with E-state index in [-0.39, 0.29) is 0 Å². The molecule has 0 aliphatic heterocycles. The van der Waals surface area contributed by atoms with E-state index in [2.05, 4.69) is 228 Å². The maximum atomic E-state index is 2.42. The fourth-order valence-corrected chi connectivity index (χ4v) is 8.03. The summed E-state index contributed by atoms with van der Waals surface area (Å²) in [7, 11) is 0. The molecular formula is C52H36N2. The van der Waals surface area contributed by atoms with Crippen molar-refractivity contribution in [1.82, 2.24) is 4.57 Å². The monoisotopic (exact) mass is 688 g/mol. The fourth-order valence-electron chi connectivity index (χ4n) is 8.03. The van der Waals surface area contributed by atoms with Gasteiger partial charge in [0.15, 0.2) is 0 Å². The molecule has 10 aromatic rings. The zero-order valence-electron chi connectivity index (χ0n) is 29.7. The van der Waals surface area contributed by atoms with Crippen molar-refractivity contribution in [1.29, 1.82) is 0 Å². The van der Waals surface area contributed by atoms with Crippen molar-refractivity contribution in [3.63, 3.8) is 0 Å². The average Bonchev–Trinajstić information content (AvgIpc) is 3.58. The molecule has 54 heavy (non-hydrogen) atoms. The number of para-hydroxylation sites is 2. The molecular weight excluding hydrogens is 653 g/mol. The third kappa shape index (κ3) is 5.53. The molecule has 0 fully saturated rings. The molecule has 10 rings (SSSR count). The van der Waals surface area contributed by atoms with Crippen molar-refractivity contribution < 1.29 is 0 Å². The van der Waals surface area contributed by atoms with Crippen LogP contribution in [0.1, 0.15) is 0 Å². The van der Waals surface area contributed by atoms with Gasteiger partial charge in [0, 0.05) is 33.4 Å². The summed E-state index contributed by atoms with van der Waals surface area (Å²) in [5.74, 6) is 0. The Kier molecular flexibility index (Phi) is 7.85. The largest absolute Gasteiger partial charge is 0.310 e. The van der Waals surface area contributed by atoms with E-state index in [1.807, 2.05) is 0 Å². The standard InChI is InChI=1S/C52H36N2/c1-3-14-37(15-4-1)38-26-30-42(31-27-38)53(50-24-11-9-21-47(50)40-16-5-2-6-17-40)44-34-35-49-48-22-10-12-25-51(48)54(52(49)36-44)43-32-28-41(29-33-43)46-23-13-19-39-18-7-8-20-45(39)46/h1-36H. The molecule has 0 unspecified atom stereocenters. The van der Waals surface area contributed by atoms with Crippen molar-refractivity contribution >= 4 is 49.6 Å². The SMILES string of the molecule is c1ccc(-c2ccc(N(c3ccc4c5ccccc5n(-c5ccc(-c6cccc7ccccc67)cc5)c4c3)c3ccccc3-c3ccccc3)cc2)cc1. The quantitative estimate of drug-likeness (QED) is 0.162. The number of hydrogen-bond acceptors (Lipinski definition) is 1. The fraction of sp³-hybridized carbons (Fsp3) is 0. The van der Waals surface area contributed by atoms with Gasteiger partial charge in [0.25, 0.3) is 0 Å². The highest BCUT2D eigenvalue weighted by molar-refractivity contribution is 6.10. The van der Waals surface area contributed by atoms with Gasteiger partial charge >= 0.3 is 0 Å². The van der Waals surface area contributed by atoms with Gasteiger partial charge < -0.3 is 9.47 Å². The minimum absolute atomic E-state index is 1.09. The van der Waals surface area contributed by atoms with Gasteiger partial charge in [-0.25, -0.2) is 0 Å². The van der Waals surface area contributed by atoms with E-state index >= 15 is 0 Å². The zero-order valence-corrected chi connectivity index (χ0v) is 29.7. The highest BCUT2D eigenvalue weighted by atomic mass is 15.1. The van der Waals surface area contributed by atoms with E-state index in [0.29, 0.717) is 0 Å². The van der Waals surface area contributed by atoms with Gasteiger partial charge in [0.1, 0.15) is 0 Å². The van der Waals surface area contributed by atoms with E-state index in [1.54, 1.807) is 0 Å². The smallest absolute Gasteiger partial charge is 0.0561 e. The van der Waals surface area contributed by atoms with Crippen LogP contribution in [-0.2, 0) is 0 Å². The van der Waals surface area contributed by atoms with E-state index in [4.69, 9.17) is 0 Å². The Labute approximate surface area is 315 Å². The van der Waals surface area contributed by atoms with Crippen LogP contribution < -0.4 is 4.90 Å². The molecule has 9 aromatic carbocycles. The van der Waals surface area contributed by atoms with Crippen LogP contribution in [0, 0.1) is 0 Å². The molecule has 0 atom stereocenters. The number of aromatic nitrogens is 1. The number of hydrogen-bond donors (Lipinski definition) is 0. The molecule has 0 N–H and O–H groups in total. The van der Waals surface area contributed by atoms with E-state index < -0.39 is 0 Å².